The van der Waals surface area contributed by atoms with Crippen molar-refractivity contribution < 1.29 is 4.39 Å². The van der Waals surface area contributed by atoms with E-state index in [0.29, 0.717) is 11.1 Å². The molecular weight excluding hydrogens is 269 g/mol. The third kappa shape index (κ3) is 2.94. The molecule has 1 nitrogen and oxygen atoms in total. The standard InChI is InChI=1S/C17H22FNS/c1-6-19-17(15-9-10(2)13(5)20-15)14-7-11(3)16(18)12(4)8-14/h7-9,17,19H,6H2,1-5H3. The van der Waals surface area contributed by atoms with Crippen LogP contribution in [0, 0.1) is 33.5 Å². The first-order chi connectivity index (χ1) is 9.43. The van der Waals surface area contributed by atoms with Gasteiger partial charge >= 0.3 is 0 Å². The molecule has 1 heterocycles. The van der Waals surface area contributed by atoms with Crippen LogP contribution in [0.4, 0.5) is 4.39 Å². The number of halogens is 1. The van der Waals surface area contributed by atoms with E-state index in [1.807, 2.05) is 37.3 Å². The first kappa shape index (κ1) is 15.2. The Morgan fingerprint density at radius 2 is 1.65 bits per heavy atom. The van der Waals surface area contributed by atoms with E-state index in [1.54, 1.807) is 0 Å². The maximum atomic E-state index is 13.8. The van der Waals surface area contributed by atoms with E-state index in [0.717, 1.165) is 12.1 Å². The van der Waals surface area contributed by atoms with Crippen molar-refractivity contribution in [3.8, 4) is 0 Å². The monoisotopic (exact) mass is 291 g/mol. The molecule has 1 aromatic heterocycles. The highest BCUT2D eigenvalue weighted by Crippen LogP contribution is 2.32. The van der Waals surface area contributed by atoms with Crippen molar-refractivity contribution >= 4 is 11.3 Å². The molecular formula is C17H22FNS. The SMILES string of the molecule is CCNC(c1cc(C)c(F)c(C)c1)c1cc(C)c(C)s1. The molecule has 1 unspecified atom stereocenters. The van der Waals surface area contributed by atoms with Gasteiger partial charge in [-0.2, -0.15) is 0 Å². The van der Waals surface area contributed by atoms with E-state index in [-0.39, 0.29) is 11.9 Å². The topological polar surface area (TPSA) is 12.0 Å². The summed E-state index contributed by atoms with van der Waals surface area (Å²) < 4.78 is 13.8. The van der Waals surface area contributed by atoms with Gasteiger partial charge in [0.15, 0.2) is 0 Å². The first-order valence-corrected chi connectivity index (χ1v) is 7.82. The Balaban J connectivity index is 2.48. The van der Waals surface area contributed by atoms with E-state index in [2.05, 4.69) is 32.2 Å². The summed E-state index contributed by atoms with van der Waals surface area (Å²) in [4.78, 5) is 2.64. The molecule has 1 atom stereocenters. The highest BCUT2D eigenvalue weighted by atomic mass is 32.1. The van der Waals surface area contributed by atoms with Crippen LogP contribution in [0.3, 0.4) is 0 Å². The van der Waals surface area contributed by atoms with Gasteiger partial charge in [-0.1, -0.05) is 19.1 Å². The third-order valence-corrected chi connectivity index (χ3v) is 4.89. The van der Waals surface area contributed by atoms with Crippen molar-refractivity contribution in [2.24, 2.45) is 0 Å². The minimum atomic E-state index is -0.0949. The number of hydrogen-bond acceptors (Lipinski definition) is 2. The van der Waals surface area contributed by atoms with Gasteiger partial charge in [-0.05, 0) is 62.6 Å². The van der Waals surface area contributed by atoms with Crippen molar-refractivity contribution in [3.63, 3.8) is 0 Å². The molecule has 0 spiro atoms. The van der Waals surface area contributed by atoms with Crippen LogP contribution < -0.4 is 5.32 Å². The molecule has 0 bridgehead atoms. The summed E-state index contributed by atoms with van der Waals surface area (Å²) >= 11 is 1.82. The minimum absolute atomic E-state index is 0.0949. The summed E-state index contributed by atoms with van der Waals surface area (Å²) in [6, 6.07) is 6.30. The largest absolute Gasteiger partial charge is 0.306 e. The second-order valence-electron chi connectivity index (χ2n) is 5.35. The fourth-order valence-electron chi connectivity index (χ4n) is 2.48. The van der Waals surface area contributed by atoms with Crippen LogP contribution in [0.15, 0.2) is 18.2 Å². The maximum absolute atomic E-state index is 13.8. The average Bonchev–Trinajstić information content (AvgIpc) is 2.72. The fraction of sp³-hybridized carbons (Fsp3) is 0.412. The van der Waals surface area contributed by atoms with E-state index in [9.17, 15) is 4.39 Å². The number of nitrogens with one attached hydrogen (secondary N) is 1. The number of aryl methyl sites for hydroxylation is 4. The predicted molar refractivity (Wildman–Crippen MR) is 85.2 cm³/mol. The van der Waals surface area contributed by atoms with Gasteiger partial charge in [0.2, 0.25) is 0 Å². The van der Waals surface area contributed by atoms with E-state index >= 15 is 0 Å². The fourth-order valence-corrected chi connectivity index (χ4v) is 3.62. The van der Waals surface area contributed by atoms with E-state index in [4.69, 9.17) is 0 Å². The normalized spacial score (nSPS) is 12.7. The summed E-state index contributed by atoms with van der Waals surface area (Å²) in [5.74, 6) is -0.0949. The Bertz CT molecular complexity index is 573. The Hall–Kier alpha value is -1.19. The lowest BCUT2D eigenvalue weighted by molar-refractivity contribution is 0.600. The van der Waals surface area contributed by atoms with Crippen LogP contribution in [0.5, 0.6) is 0 Å². The highest BCUT2D eigenvalue weighted by Gasteiger charge is 2.18. The van der Waals surface area contributed by atoms with E-state index in [1.165, 1.54) is 15.3 Å². The van der Waals surface area contributed by atoms with Crippen molar-refractivity contribution in [3.05, 3.63) is 56.0 Å². The van der Waals surface area contributed by atoms with Gasteiger partial charge in [0.1, 0.15) is 5.82 Å². The van der Waals surface area contributed by atoms with Gasteiger partial charge in [-0.25, -0.2) is 4.39 Å². The molecule has 0 amide bonds. The molecule has 0 radical (unpaired) electrons. The zero-order valence-corrected chi connectivity index (χ0v) is 13.6. The Kier molecular flexibility index (Phi) is 4.61. The second-order valence-corrected chi connectivity index (χ2v) is 6.64. The van der Waals surface area contributed by atoms with Crippen molar-refractivity contribution in [1.82, 2.24) is 5.32 Å². The molecule has 1 aromatic carbocycles. The molecule has 0 saturated heterocycles. The quantitative estimate of drug-likeness (QED) is 0.851. The molecule has 0 aliphatic heterocycles. The molecule has 1 N–H and O–H groups in total. The van der Waals surface area contributed by atoms with Crippen LogP contribution in [0.2, 0.25) is 0 Å². The van der Waals surface area contributed by atoms with Crippen molar-refractivity contribution in [2.45, 2.75) is 40.7 Å². The zero-order valence-electron chi connectivity index (χ0n) is 12.8. The molecule has 2 aromatic rings. The lowest BCUT2D eigenvalue weighted by Gasteiger charge is -2.18. The molecule has 20 heavy (non-hydrogen) atoms. The number of hydrogen-bond donors (Lipinski definition) is 1. The summed E-state index contributed by atoms with van der Waals surface area (Å²) in [5.41, 5.74) is 3.90. The van der Waals surface area contributed by atoms with Gasteiger partial charge in [0, 0.05) is 9.75 Å². The van der Waals surface area contributed by atoms with E-state index < -0.39 is 0 Å². The predicted octanol–water partition coefficient (Wildman–Crippen LogP) is 4.82. The third-order valence-electron chi connectivity index (χ3n) is 3.67. The van der Waals surface area contributed by atoms with Crippen LogP contribution in [-0.2, 0) is 0 Å². The lowest BCUT2D eigenvalue weighted by atomic mass is 9.99. The number of thiophene rings is 1. The molecule has 0 aliphatic carbocycles. The van der Waals surface area contributed by atoms with Gasteiger partial charge in [-0.3, -0.25) is 0 Å². The summed E-state index contributed by atoms with van der Waals surface area (Å²) in [7, 11) is 0. The van der Waals surface area contributed by atoms with Gasteiger partial charge < -0.3 is 5.32 Å². The Labute approximate surface area is 124 Å². The summed E-state index contributed by atoms with van der Waals surface area (Å²) in [5, 5.41) is 3.52. The van der Waals surface area contributed by atoms with Crippen molar-refractivity contribution in [1.29, 1.82) is 0 Å². The maximum Gasteiger partial charge on any atom is 0.129 e. The molecule has 0 aliphatic rings. The first-order valence-electron chi connectivity index (χ1n) is 7.01. The smallest absolute Gasteiger partial charge is 0.129 e. The van der Waals surface area contributed by atoms with Gasteiger partial charge in [0.05, 0.1) is 6.04 Å². The van der Waals surface area contributed by atoms with Crippen LogP contribution in [0.1, 0.15) is 45.0 Å². The van der Waals surface area contributed by atoms with Crippen LogP contribution in [0.25, 0.3) is 0 Å². The Morgan fingerprint density at radius 1 is 1.05 bits per heavy atom. The van der Waals surface area contributed by atoms with Crippen LogP contribution in [-0.4, -0.2) is 6.54 Å². The molecule has 108 valence electrons. The second kappa shape index (κ2) is 6.06. The number of rotatable bonds is 4. The Morgan fingerprint density at radius 3 is 2.10 bits per heavy atom. The van der Waals surface area contributed by atoms with Gasteiger partial charge in [0.25, 0.3) is 0 Å². The summed E-state index contributed by atoms with van der Waals surface area (Å²) in [6.45, 7) is 10.9. The molecule has 2 rings (SSSR count). The lowest BCUT2D eigenvalue weighted by Crippen LogP contribution is -2.21. The molecule has 3 heteroatoms. The molecule has 0 fully saturated rings. The summed E-state index contributed by atoms with van der Waals surface area (Å²) in [6.07, 6.45) is 0. The van der Waals surface area contributed by atoms with Gasteiger partial charge in [-0.15, -0.1) is 11.3 Å². The highest BCUT2D eigenvalue weighted by molar-refractivity contribution is 7.12. The average molecular weight is 291 g/mol. The number of benzene rings is 1. The molecule has 0 saturated carbocycles. The van der Waals surface area contributed by atoms with Crippen molar-refractivity contribution in [2.75, 3.05) is 6.54 Å². The zero-order chi connectivity index (χ0) is 14.9. The minimum Gasteiger partial charge on any atom is -0.306 e. The van der Waals surface area contributed by atoms with Crippen LogP contribution >= 0.6 is 11.3 Å².